The van der Waals surface area contributed by atoms with E-state index in [0.29, 0.717) is 13.1 Å². The summed E-state index contributed by atoms with van der Waals surface area (Å²) in [5, 5.41) is 10.5. The van der Waals surface area contributed by atoms with Crippen LogP contribution in [0.1, 0.15) is 37.8 Å². The number of hydrogen-bond acceptors (Lipinski definition) is 3. The minimum Gasteiger partial charge on any atom is -0.444 e. The Kier molecular flexibility index (Phi) is 5.82. The van der Waals surface area contributed by atoms with Gasteiger partial charge in [0.1, 0.15) is 11.4 Å². The van der Waals surface area contributed by atoms with Crippen LogP contribution >= 0.6 is 15.9 Å². The minimum absolute atomic E-state index is 0.149. The maximum Gasteiger partial charge on any atom is 0.410 e. The first-order valence-electron chi connectivity index (χ1n) is 9.25. The van der Waals surface area contributed by atoms with Crippen LogP contribution < -0.4 is 0 Å². The van der Waals surface area contributed by atoms with E-state index in [2.05, 4.69) is 15.9 Å². The summed E-state index contributed by atoms with van der Waals surface area (Å²) >= 11 is 3.45. The normalized spacial score (nSPS) is 22.4. The lowest BCUT2D eigenvalue weighted by Crippen LogP contribution is -2.40. The van der Waals surface area contributed by atoms with Crippen LogP contribution in [0.4, 0.5) is 9.18 Å². The van der Waals surface area contributed by atoms with Crippen molar-refractivity contribution in [2.75, 3.05) is 19.7 Å². The summed E-state index contributed by atoms with van der Waals surface area (Å²) in [6.07, 6.45) is -0.410. The molecule has 1 fully saturated rings. The number of amides is 1. The molecule has 1 aliphatic heterocycles. The summed E-state index contributed by atoms with van der Waals surface area (Å²) in [6.45, 7) is 6.02. The Morgan fingerprint density at radius 3 is 2.36 bits per heavy atom. The molecule has 0 radical (unpaired) electrons. The van der Waals surface area contributed by atoms with Gasteiger partial charge in [0.05, 0.1) is 6.61 Å². The van der Waals surface area contributed by atoms with Crippen molar-refractivity contribution in [2.45, 2.75) is 37.7 Å². The molecule has 28 heavy (non-hydrogen) atoms. The van der Waals surface area contributed by atoms with Gasteiger partial charge in [0, 0.05) is 28.9 Å². The second kappa shape index (κ2) is 7.84. The SMILES string of the molecule is CC(C)(C)OC(=O)N1C[C@@H](c2ccc(Br)cc2)[C@@](CO)(c2ccc(F)cc2)C1. The van der Waals surface area contributed by atoms with E-state index in [1.807, 2.05) is 45.0 Å². The highest BCUT2D eigenvalue weighted by molar-refractivity contribution is 9.10. The van der Waals surface area contributed by atoms with Gasteiger partial charge in [0.25, 0.3) is 0 Å². The van der Waals surface area contributed by atoms with Crippen LogP contribution in [0.5, 0.6) is 0 Å². The van der Waals surface area contributed by atoms with Crippen molar-refractivity contribution in [3.63, 3.8) is 0 Å². The number of rotatable bonds is 3. The van der Waals surface area contributed by atoms with Crippen LogP contribution in [0, 0.1) is 5.82 Å². The fourth-order valence-corrected chi connectivity index (χ4v) is 4.09. The summed E-state index contributed by atoms with van der Waals surface area (Å²) in [7, 11) is 0. The highest BCUT2D eigenvalue weighted by Gasteiger charge is 2.50. The lowest BCUT2D eigenvalue weighted by atomic mass is 9.70. The molecule has 6 heteroatoms. The van der Waals surface area contributed by atoms with Gasteiger partial charge in [-0.15, -0.1) is 0 Å². The summed E-state index contributed by atoms with van der Waals surface area (Å²) < 4.78 is 20.0. The van der Waals surface area contributed by atoms with E-state index in [4.69, 9.17) is 4.74 Å². The predicted octanol–water partition coefficient (Wildman–Crippen LogP) is 4.85. The first kappa shape index (κ1) is 20.8. The quantitative estimate of drug-likeness (QED) is 0.727. The number of carbonyl (C=O) groups is 1. The lowest BCUT2D eigenvalue weighted by Gasteiger charge is -2.33. The van der Waals surface area contributed by atoms with Crippen molar-refractivity contribution in [2.24, 2.45) is 0 Å². The number of benzene rings is 2. The monoisotopic (exact) mass is 449 g/mol. The van der Waals surface area contributed by atoms with Gasteiger partial charge in [0.15, 0.2) is 0 Å². The van der Waals surface area contributed by atoms with Gasteiger partial charge in [-0.05, 0) is 56.2 Å². The number of aliphatic hydroxyl groups is 1. The maximum atomic E-state index is 13.5. The highest BCUT2D eigenvalue weighted by atomic mass is 79.9. The van der Waals surface area contributed by atoms with Crippen LogP contribution in [0.3, 0.4) is 0 Å². The molecule has 3 rings (SSSR count). The molecule has 0 bridgehead atoms. The second-order valence-electron chi connectivity index (χ2n) is 8.29. The van der Waals surface area contributed by atoms with Crippen molar-refractivity contribution in [1.82, 2.24) is 4.90 Å². The number of nitrogens with zero attached hydrogens (tertiary/aromatic N) is 1. The molecular weight excluding hydrogens is 425 g/mol. The summed E-state index contributed by atoms with van der Waals surface area (Å²) in [6, 6.07) is 14.0. The minimum atomic E-state index is -0.738. The smallest absolute Gasteiger partial charge is 0.410 e. The molecule has 0 aromatic heterocycles. The molecule has 2 atom stereocenters. The predicted molar refractivity (Wildman–Crippen MR) is 110 cm³/mol. The number of hydrogen-bond donors (Lipinski definition) is 1. The molecule has 1 aliphatic rings. The van der Waals surface area contributed by atoms with Gasteiger partial charge in [0.2, 0.25) is 0 Å². The topological polar surface area (TPSA) is 49.8 Å². The third-order valence-corrected chi connectivity index (χ3v) is 5.70. The van der Waals surface area contributed by atoms with E-state index in [1.165, 1.54) is 12.1 Å². The largest absolute Gasteiger partial charge is 0.444 e. The third-order valence-electron chi connectivity index (χ3n) is 5.17. The Balaban J connectivity index is 2.03. The summed E-state index contributed by atoms with van der Waals surface area (Å²) in [4.78, 5) is 14.4. The Bertz CT molecular complexity index is 832. The van der Waals surface area contributed by atoms with Crippen LogP contribution in [0.25, 0.3) is 0 Å². The number of ether oxygens (including phenoxy) is 1. The van der Waals surface area contributed by atoms with Crippen molar-refractivity contribution < 1.29 is 19.0 Å². The molecule has 1 N–H and O–H groups in total. The Hall–Kier alpha value is -1.92. The highest BCUT2D eigenvalue weighted by Crippen LogP contribution is 2.45. The summed E-state index contributed by atoms with van der Waals surface area (Å²) in [5.74, 6) is -0.484. The lowest BCUT2D eigenvalue weighted by molar-refractivity contribution is 0.0276. The number of carbonyl (C=O) groups excluding carboxylic acids is 1. The molecule has 0 saturated carbocycles. The van der Waals surface area contributed by atoms with Gasteiger partial charge >= 0.3 is 6.09 Å². The number of aliphatic hydroxyl groups excluding tert-OH is 1. The van der Waals surface area contributed by atoms with E-state index in [1.54, 1.807) is 17.0 Å². The zero-order chi connectivity index (χ0) is 20.5. The Morgan fingerprint density at radius 2 is 1.82 bits per heavy atom. The molecule has 4 nitrogen and oxygen atoms in total. The van der Waals surface area contributed by atoms with Gasteiger partial charge in [-0.2, -0.15) is 0 Å². The molecule has 2 aromatic carbocycles. The summed E-state index contributed by atoms with van der Waals surface area (Å²) in [5.41, 5.74) is 0.464. The van der Waals surface area contributed by atoms with Gasteiger partial charge in [-0.25, -0.2) is 9.18 Å². The molecule has 1 saturated heterocycles. The van der Waals surface area contributed by atoms with Crippen molar-refractivity contribution in [1.29, 1.82) is 0 Å². The third kappa shape index (κ3) is 4.23. The van der Waals surface area contributed by atoms with Crippen molar-refractivity contribution in [3.8, 4) is 0 Å². The van der Waals surface area contributed by atoms with Gasteiger partial charge in [-0.1, -0.05) is 40.2 Å². The fourth-order valence-electron chi connectivity index (χ4n) is 3.82. The van der Waals surface area contributed by atoms with Crippen LogP contribution in [-0.2, 0) is 10.2 Å². The molecular formula is C22H25BrFNO3. The average molecular weight is 450 g/mol. The van der Waals surface area contributed by atoms with E-state index in [0.717, 1.165) is 15.6 Å². The second-order valence-corrected chi connectivity index (χ2v) is 9.20. The standard InChI is InChI=1S/C22H25BrFNO3/c1-21(2,3)28-20(27)25-12-19(15-4-8-17(23)9-5-15)22(13-25,14-26)16-6-10-18(24)11-7-16/h4-11,19,26H,12-14H2,1-3H3/t19-,22-/m0/s1. The zero-order valence-corrected chi connectivity index (χ0v) is 17.9. The first-order valence-corrected chi connectivity index (χ1v) is 10.0. The molecule has 1 heterocycles. The molecule has 0 unspecified atom stereocenters. The first-order chi connectivity index (χ1) is 13.1. The van der Waals surface area contributed by atoms with E-state index >= 15 is 0 Å². The molecule has 1 amide bonds. The number of likely N-dealkylation sites (tertiary alicyclic amines) is 1. The van der Waals surface area contributed by atoms with Gasteiger partial charge in [-0.3, -0.25) is 0 Å². The Labute approximate surface area is 173 Å². The zero-order valence-electron chi connectivity index (χ0n) is 16.3. The molecule has 150 valence electrons. The van der Waals surface area contributed by atoms with E-state index in [-0.39, 0.29) is 18.3 Å². The van der Waals surface area contributed by atoms with Gasteiger partial charge < -0.3 is 14.7 Å². The molecule has 0 spiro atoms. The number of halogens is 2. The molecule has 0 aliphatic carbocycles. The van der Waals surface area contributed by atoms with E-state index < -0.39 is 17.1 Å². The molecule has 2 aromatic rings. The van der Waals surface area contributed by atoms with Crippen LogP contribution in [0.15, 0.2) is 53.0 Å². The maximum absolute atomic E-state index is 13.5. The van der Waals surface area contributed by atoms with E-state index in [9.17, 15) is 14.3 Å². The van der Waals surface area contributed by atoms with Crippen molar-refractivity contribution >= 4 is 22.0 Å². The van der Waals surface area contributed by atoms with Crippen LogP contribution in [0.2, 0.25) is 0 Å². The average Bonchev–Trinajstić information content (AvgIpc) is 3.03. The Morgan fingerprint density at radius 1 is 1.21 bits per heavy atom. The van der Waals surface area contributed by atoms with Crippen molar-refractivity contribution in [3.05, 3.63) is 69.9 Å². The fraction of sp³-hybridized carbons (Fsp3) is 0.409. The van der Waals surface area contributed by atoms with Crippen LogP contribution in [-0.4, -0.2) is 41.4 Å².